The van der Waals surface area contributed by atoms with Crippen LogP contribution in [0.1, 0.15) is 19.4 Å². The highest BCUT2D eigenvalue weighted by Gasteiger charge is 2.20. The Balaban J connectivity index is 3.03. The molecule has 0 radical (unpaired) electrons. The Bertz CT molecular complexity index is 402. The minimum atomic E-state index is -0.982. The average molecular weight is 244 g/mol. The number of hydrogen-bond donors (Lipinski definition) is 2. The van der Waals surface area contributed by atoms with Crippen molar-refractivity contribution in [2.75, 3.05) is 18.5 Å². The van der Waals surface area contributed by atoms with Gasteiger partial charge in [-0.3, -0.25) is 0 Å². The summed E-state index contributed by atoms with van der Waals surface area (Å²) in [7, 11) is 1.60. The van der Waals surface area contributed by atoms with Crippen LogP contribution in [0.3, 0.4) is 0 Å². The Morgan fingerprint density at radius 3 is 2.35 bits per heavy atom. The molecule has 0 unspecified atom stereocenters. The van der Waals surface area contributed by atoms with Crippen LogP contribution in [-0.4, -0.2) is 24.3 Å². The van der Waals surface area contributed by atoms with E-state index in [2.05, 4.69) is 0 Å². The maximum Gasteiger partial charge on any atom is 0.182 e. The third kappa shape index (κ3) is 3.38. The number of halogens is 2. The van der Waals surface area contributed by atoms with Gasteiger partial charge in [-0.2, -0.15) is 0 Å². The maximum absolute atomic E-state index is 13.7. The molecule has 0 bridgehead atoms. The fraction of sp³-hybridized carbons (Fsp3) is 0.500. The normalized spacial score (nSPS) is 11.7. The van der Waals surface area contributed by atoms with Crippen molar-refractivity contribution in [1.82, 2.24) is 0 Å². The summed E-state index contributed by atoms with van der Waals surface area (Å²) in [6.07, 6.45) is 0. The molecule has 0 heterocycles. The van der Waals surface area contributed by atoms with Crippen molar-refractivity contribution < 1.29 is 13.9 Å². The van der Waals surface area contributed by atoms with Crippen molar-refractivity contribution in [3.8, 4) is 0 Å². The number of rotatable bonds is 4. The lowest BCUT2D eigenvalue weighted by Crippen LogP contribution is -2.36. The van der Waals surface area contributed by atoms with Gasteiger partial charge in [0.25, 0.3) is 0 Å². The van der Waals surface area contributed by atoms with E-state index in [0.717, 1.165) is 0 Å². The number of benzene rings is 1. The number of nitrogens with zero attached hydrogens (tertiary/aromatic N) is 1. The van der Waals surface area contributed by atoms with Gasteiger partial charge in [0, 0.05) is 25.7 Å². The summed E-state index contributed by atoms with van der Waals surface area (Å²) in [5.41, 5.74) is 4.56. The van der Waals surface area contributed by atoms with Gasteiger partial charge in [0.1, 0.15) is 0 Å². The highest BCUT2D eigenvalue weighted by atomic mass is 19.2. The molecule has 1 aromatic rings. The monoisotopic (exact) mass is 244 g/mol. The minimum absolute atomic E-state index is 0.0434. The van der Waals surface area contributed by atoms with Crippen LogP contribution in [0.25, 0.3) is 0 Å². The smallest absolute Gasteiger partial charge is 0.182 e. The van der Waals surface area contributed by atoms with E-state index in [-0.39, 0.29) is 24.3 Å². The number of nitrogens with two attached hydrogens (primary N) is 1. The van der Waals surface area contributed by atoms with Gasteiger partial charge in [-0.15, -0.1) is 0 Å². The second kappa shape index (κ2) is 4.98. The molecule has 17 heavy (non-hydrogen) atoms. The van der Waals surface area contributed by atoms with Crippen LogP contribution in [0.5, 0.6) is 0 Å². The predicted octanol–water partition coefficient (Wildman–Crippen LogP) is 1.63. The second-order valence-corrected chi connectivity index (χ2v) is 4.74. The average Bonchev–Trinajstić information content (AvgIpc) is 2.19. The molecule has 0 spiro atoms. The standard InChI is InChI=1S/C12H18F2N2O/c1-12(2,17)7-16(3)9-5-4-8(6-15)10(13)11(9)14/h4-5,17H,6-7,15H2,1-3H3. The summed E-state index contributed by atoms with van der Waals surface area (Å²) >= 11 is 0. The van der Waals surface area contributed by atoms with Gasteiger partial charge in [0.05, 0.1) is 11.3 Å². The van der Waals surface area contributed by atoms with Gasteiger partial charge in [-0.1, -0.05) is 6.07 Å². The number of likely N-dealkylation sites (N-methyl/N-ethyl adjacent to an activating group) is 1. The van der Waals surface area contributed by atoms with Crippen LogP contribution in [0.15, 0.2) is 12.1 Å². The number of aliphatic hydroxyl groups is 1. The Morgan fingerprint density at radius 1 is 1.29 bits per heavy atom. The fourth-order valence-corrected chi connectivity index (χ4v) is 1.70. The van der Waals surface area contributed by atoms with Gasteiger partial charge >= 0.3 is 0 Å². The molecule has 3 N–H and O–H groups in total. The van der Waals surface area contributed by atoms with Gasteiger partial charge in [-0.25, -0.2) is 8.78 Å². The third-order valence-corrected chi connectivity index (χ3v) is 2.40. The van der Waals surface area contributed by atoms with Gasteiger partial charge < -0.3 is 15.7 Å². The van der Waals surface area contributed by atoms with Gasteiger partial charge in [0.15, 0.2) is 11.6 Å². The van der Waals surface area contributed by atoms with E-state index in [1.165, 1.54) is 17.0 Å². The van der Waals surface area contributed by atoms with E-state index in [0.29, 0.717) is 0 Å². The Labute approximate surface area is 99.8 Å². The van der Waals surface area contributed by atoms with Gasteiger partial charge in [-0.05, 0) is 19.9 Å². The zero-order valence-electron chi connectivity index (χ0n) is 10.3. The van der Waals surface area contributed by atoms with E-state index in [1.54, 1.807) is 20.9 Å². The van der Waals surface area contributed by atoms with Crippen LogP contribution in [0.4, 0.5) is 14.5 Å². The Hall–Kier alpha value is -1.20. The summed E-state index contributed by atoms with van der Waals surface area (Å²) in [6, 6.07) is 2.92. The Kier molecular flexibility index (Phi) is 4.06. The zero-order chi connectivity index (χ0) is 13.2. The largest absolute Gasteiger partial charge is 0.389 e. The van der Waals surface area contributed by atoms with Crippen LogP contribution < -0.4 is 10.6 Å². The first-order valence-corrected chi connectivity index (χ1v) is 5.36. The van der Waals surface area contributed by atoms with E-state index >= 15 is 0 Å². The topological polar surface area (TPSA) is 49.5 Å². The molecule has 0 atom stereocenters. The third-order valence-electron chi connectivity index (χ3n) is 2.40. The van der Waals surface area contributed by atoms with Crippen molar-refractivity contribution in [2.24, 2.45) is 5.73 Å². The van der Waals surface area contributed by atoms with E-state index in [9.17, 15) is 13.9 Å². The molecule has 0 amide bonds. The lowest BCUT2D eigenvalue weighted by molar-refractivity contribution is 0.0884. The molecule has 96 valence electrons. The van der Waals surface area contributed by atoms with E-state index < -0.39 is 17.2 Å². The summed E-state index contributed by atoms with van der Waals surface area (Å²) in [4.78, 5) is 1.47. The SMILES string of the molecule is CN(CC(C)(C)O)c1ccc(CN)c(F)c1F. The molecule has 0 aliphatic rings. The van der Waals surface area contributed by atoms with Crippen molar-refractivity contribution in [1.29, 1.82) is 0 Å². The van der Waals surface area contributed by atoms with Crippen LogP contribution >= 0.6 is 0 Å². The van der Waals surface area contributed by atoms with Crippen molar-refractivity contribution in [2.45, 2.75) is 26.0 Å². The molecule has 1 rings (SSSR count). The fourth-order valence-electron chi connectivity index (χ4n) is 1.70. The quantitative estimate of drug-likeness (QED) is 0.846. The number of anilines is 1. The first kappa shape index (κ1) is 13.9. The molecule has 0 saturated heterocycles. The molecular weight excluding hydrogens is 226 g/mol. The maximum atomic E-state index is 13.7. The molecule has 1 aromatic carbocycles. The lowest BCUT2D eigenvalue weighted by atomic mass is 10.1. The van der Waals surface area contributed by atoms with E-state index in [1.807, 2.05) is 0 Å². The minimum Gasteiger partial charge on any atom is -0.389 e. The molecule has 0 aliphatic heterocycles. The lowest BCUT2D eigenvalue weighted by Gasteiger charge is -2.27. The second-order valence-electron chi connectivity index (χ2n) is 4.74. The highest BCUT2D eigenvalue weighted by Crippen LogP contribution is 2.24. The molecule has 0 saturated carbocycles. The van der Waals surface area contributed by atoms with Crippen LogP contribution in [-0.2, 0) is 6.54 Å². The van der Waals surface area contributed by atoms with Crippen molar-refractivity contribution in [3.63, 3.8) is 0 Å². The summed E-state index contributed by atoms with van der Waals surface area (Å²) in [5, 5.41) is 9.63. The molecular formula is C12H18F2N2O. The first-order valence-electron chi connectivity index (χ1n) is 5.36. The van der Waals surface area contributed by atoms with Crippen LogP contribution in [0.2, 0.25) is 0 Å². The van der Waals surface area contributed by atoms with Crippen molar-refractivity contribution >= 4 is 5.69 Å². The molecule has 0 aliphatic carbocycles. The first-order chi connectivity index (χ1) is 7.76. The molecule has 0 fully saturated rings. The van der Waals surface area contributed by atoms with E-state index in [4.69, 9.17) is 5.73 Å². The van der Waals surface area contributed by atoms with Crippen molar-refractivity contribution in [3.05, 3.63) is 29.3 Å². The summed E-state index contributed by atoms with van der Waals surface area (Å²) in [6.45, 7) is 3.36. The predicted molar refractivity (Wildman–Crippen MR) is 63.8 cm³/mol. The molecule has 5 heteroatoms. The van der Waals surface area contributed by atoms with Gasteiger partial charge in [0.2, 0.25) is 0 Å². The van der Waals surface area contributed by atoms with Crippen LogP contribution in [0, 0.1) is 11.6 Å². The molecule has 0 aromatic heterocycles. The summed E-state index contributed by atoms with van der Waals surface area (Å²) < 4.78 is 27.2. The number of hydrogen-bond acceptors (Lipinski definition) is 3. The summed E-state index contributed by atoms with van der Waals surface area (Å²) in [5.74, 6) is -1.85. The zero-order valence-corrected chi connectivity index (χ0v) is 10.3. The molecule has 3 nitrogen and oxygen atoms in total. The Morgan fingerprint density at radius 2 is 1.88 bits per heavy atom. The highest BCUT2D eigenvalue weighted by molar-refractivity contribution is 5.49.